The van der Waals surface area contributed by atoms with Crippen LogP contribution in [-0.2, 0) is 9.53 Å². The maximum Gasteiger partial charge on any atom is 0.256 e. The van der Waals surface area contributed by atoms with Crippen molar-refractivity contribution in [2.75, 3.05) is 24.7 Å². The second-order valence-corrected chi connectivity index (χ2v) is 4.68. The van der Waals surface area contributed by atoms with E-state index >= 15 is 0 Å². The van der Waals surface area contributed by atoms with Gasteiger partial charge in [-0.1, -0.05) is 0 Å². The van der Waals surface area contributed by atoms with Crippen LogP contribution < -0.4 is 9.64 Å². The van der Waals surface area contributed by atoms with Gasteiger partial charge < -0.3 is 14.4 Å². The van der Waals surface area contributed by atoms with Gasteiger partial charge in [-0.15, -0.1) is 0 Å². The Hall–Kier alpha value is -1.62. The highest BCUT2D eigenvalue weighted by Crippen LogP contribution is 2.31. The van der Waals surface area contributed by atoms with Gasteiger partial charge >= 0.3 is 0 Å². The molecule has 2 aliphatic rings. The van der Waals surface area contributed by atoms with Crippen LogP contribution in [0.25, 0.3) is 0 Å². The number of carbonyl (C=O) groups is 1. The molecule has 0 aliphatic carbocycles. The van der Waals surface area contributed by atoms with Crippen molar-refractivity contribution in [3.8, 4) is 5.88 Å². The third kappa shape index (κ3) is 1.95. The van der Waals surface area contributed by atoms with E-state index in [1.165, 1.54) is 0 Å². The number of aryl methyl sites for hydroxylation is 1. The van der Waals surface area contributed by atoms with Crippen LogP contribution >= 0.6 is 0 Å². The molecule has 3 heterocycles. The third-order valence-electron chi connectivity index (χ3n) is 3.28. The third-order valence-corrected chi connectivity index (χ3v) is 3.28. The molecule has 2 aliphatic heterocycles. The number of anilines is 1. The van der Waals surface area contributed by atoms with Crippen LogP contribution in [0, 0.1) is 6.92 Å². The monoisotopic (exact) mass is 248 g/mol. The first-order valence-corrected chi connectivity index (χ1v) is 6.28. The van der Waals surface area contributed by atoms with Crippen LogP contribution in [-0.4, -0.2) is 36.8 Å². The number of fused-ring (bicyclic) bond motifs is 1. The lowest BCUT2D eigenvalue weighted by atomic mass is 10.2. The number of carbonyl (C=O) groups excluding carboxylic acids is 1. The molecule has 3 rings (SSSR count). The van der Waals surface area contributed by atoms with Gasteiger partial charge in [-0.3, -0.25) is 4.79 Å². The summed E-state index contributed by atoms with van der Waals surface area (Å²) in [7, 11) is 0. The van der Waals surface area contributed by atoms with E-state index in [0.717, 1.165) is 24.1 Å². The lowest BCUT2D eigenvalue weighted by molar-refractivity contribution is -0.127. The Labute approximate surface area is 106 Å². The fourth-order valence-corrected chi connectivity index (χ4v) is 2.38. The van der Waals surface area contributed by atoms with Gasteiger partial charge in [0.25, 0.3) is 5.91 Å². The molecule has 0 spiro atoms. The molecule has 1 atom stereocenters. The van der Waals surface area contributed by atoms with Crippen molar-refractivity contribution in [1.82, 2.24) is 4.98 Å². The van der Waals surface area contributed by atoms with E-state index in [1.807, 2.05) is 13.0 Å². The molecule has 1 aromatic heterocycles. The van der Waals surface area contributed by atoms with E-state index in [9.17, 15) is 4.79 Å². The Kier molecular flexibility index (Phi) is 2.91. The van der Waals surface area contributed by atoms with Crippen molar-refractivity contribution in [2.24, 2.45) is 0 Å². The maximum atomic E-state index is 12.4. The SMILES string of the molecule is Cc1cnc2c(c1)N(C(=O)C1CCCO1)CCO2. The van der Waals surface area contributed by atoms with Crippen LogP contribution in [0.1, 0.15) is 18.4 Å². The zero-order valence-corrected chi connectivity index (χ0v) is 10.4. The molecule has 0 bridgehead atoms. The molecule has 5 heteroatoms. The van der Waals surface area contributed by atoms with E-state index in [-0.39, 0.29) is 12.0 Å². The van der Waals surface area contributed by atoms with Crippen LogP contribution in [0.4, 0.5) is 5.69 Å². The first-order chi connectivity index (χ1) is 8.75. The average molecular weight is 248 g/mol. The number of hydrogen-bond acceptors (Lipinski definition) is 4. The van der Waals surface area contributed by atoms with Gasteiger partial charge in [0.1, 0.15) is 18.4 Å². The molecule has 1 aromatic rings. The number of hydrogen-bond donors (Lipinski definition) is 0. The summed E-state index contributed by atoms with van der Waals surface area (Å²) in [5.74, 6) is 0.572. The van der Waals surface area contributed by atoms with Crippen molar-refractivity contribution in [3.05, 3.63) is 17.8 Å². The van der Waals surface area contributed by atoms with Crippen LogP contribution in [0.2, 0.25) is 0 Å². The molecule has 18 heavy (non-hydrogen) atoms. The van der Waals surface area contributed by atoms with Gasteiger partial charge in [0.05, 0.1) is 6.54 Å². The summed E-state index contributed by atoms with van der Waals surface area (Å²) in [6.07, 6.45) is 3.22. The minimum Gasteiger partial charge on any atom is -0.474 e. The van der Waals surface area contributed by atoms with E-state index in [2.05, 4.69) is 4.98 Å². The first-order valence-electron chi connectivity index (χ1n) is 6.28. The Morgan fingerprint density at radius 3 is 3.17 bits per heavy atom. The molecular weight excluding hydrogens is 232 g/mol. The number of nitrogens with zero attached hydrogens (tertiary/aromatic N) is 2. The Balaban J connectivity index is 1.90. The fourth-order valence-electron chi connectivity index (χ4n) is 2.38. The second kappa shape index (κ2) is 4.57. The summed E-state index contributed by atoms with van der Waals surface area (Å²) < 4.78 is 10.9. The summed E-state index contributed by atoms with van der Waals surface area (Å²) in [6.45, 7) is 3.69. The fraction of sp³-hybridized carbons (Fsp3) is 0.538. The van der Waals surface area contributed by atoms with Crippen molar-refractivity contribution in [2.45, 2.75) is 25.9 Å². The molecule has 0 aromatic carbocycles. The van der Waals surface area contributed by atoms with Gasteiger partial charge in [0.15, 0.2) is 0 Å². The van der Waals surface area contributed by atoms with E-state index in [4.69, 9.17) is 9.47 Å². The Morgan fingerprint density at radius 1 is 1.50 bits per heavy atom. The van der Waals surface area contributed by atoms with Gasteiger partial charge in [0.2, 0.25) is 5.88 Å². The smallest absolute Gasteiger partial charge is 0.256 e. The Bertz CT molecular complexity index is 469. The lowest BCUT2D eigenvalue weighted by Crippen LogP contribution is -2.43. The predicted molar refractivity (Wildman–Crippen MR) is 65.8 cm³/mol. The minimum absolute atomic E-state index is 0.0319. The van der Waals surface area contributed by atoms with Crippen molar-refractivity contribution < 1.29 is 14.3 Å². The standard InChI is InChI=1S/C13H16N2O3/c1-9-7-10-12(14-8-9)18-6-4-15(10)13(16)11-3-2-5-17-11/h7-8,11H,2-6H2,1H3. The van der Waals surface area contributed by atoms with Crippen LogP contribution in [0.5, 0.6) is 5.88 Å². The Morgan fingerprint density at radius 2 is 2.39 bits per heavy atom. The summed E-state index contributed by atoms with van der Waals surface area (Å²) in [5, 5.41) is 0. The average Bonchev–Trinajstić information content (AvgIpc) is 2.91. The van der Waals surface area contributed by atoms with Crippen molar-refractivity contribution >= 4 is 11.6 Å². The molecule has 5 nitrogen and oxygen atoms in total. The zero-order valence-electron chi connectivity index (χ0n) is 10.4. The topological polar surface area (TPSA) is 51.7 Å². The van der Waals surface area contributed by atoms with Gasteiger partial charge in [-0.25, -0.2) is 4.98 Å². The largest absolute Gasteiger partial charge is 0.474 e. The van der Waals surface area contributed by atoms with Gasteiger partial charge in [0, 0.05) is 12.8 Å². The molecule has 1 fully saturated rings. The number of rotatable bonds is 1. The van der Waals surface area contributed by atoms with Crippen molar-refractivity contribution in [3.63, 3.8) is 0 Å². The highest BCUT2D eigenvalue weighted by atomic mass is 16.5. The minimum atomic E-state index is -0.295. The van der Waals surface area contributed by atoms with E-state index in [0.29, 0.717) is 25.6 Å². The number of pyridine rings is 1. The molecule has 0 N–H and O–H groups in total. The summed E-state index contributed by atoms with van der Waals surface area (Å²) in [6, 6.07) is 1.94. The van der Waals surface area contributed by atoms with Crippen molar-refractivity contribution in [1.29, 1.82) is 0 Å². The van der Waals surface area contributed by atoms with Crippen LogP contribution in [0.3, 0.4) is 0 Å². The summed E-state index contributed by atoms with van der Waals surface area (Å²) in [4.78, 5) is 18.4. The van der Waals surface area contributed by atoms with Gasteiger partial charge in [-0.05, 0) is 31.4 Å². The number of amides is 1. The second-order valence-electron chi connectivity index (χ2n) is 4.68. The normalized spacial score (nSPS) is 22.5. The molecule has 1 saturated heterocycles. The van der Waals surface area contributed by atoms with E-state index in [1.54, 1.807) is 11.1 Å². The van der Waals surface area contributed by atoms with E-state index < -0.39 is 0 Å². The predicted octanol–water partition coefficient (Wildman–Crippen LogP) is 1.29. The zero-order chi connectivity index (χ0) is 12.5. The molecule has 1 unspecified atom stereocenters. The highest BCUT2D eigenvalue weighted by Gasteiger charge is 2.32. The highest BCUT2D eigenvalue weighted by molar-refractivity contribution is 5.98. The first kappa shape index (κ1) is 11.5. The molecular formula is C13H16N2O3. The molecule has 0 saturated carbocycles. The molecule has 1 amide bonds. The number of ether oxygens (including phenoxy) is 2. The molecule has 96 valence electrons. The lowest BCUT2D eigenvalue weighted by Gasteiger charge is -2.30. The van der Waals surface area contributed by atoms with Gasteiger partial charge in [-0.2, -0.15) is 0 Å². The molecule has 0 radical (unpaired) electrons. The van der Waals surface area contributed by atoms with Crippen LogP contribution in [0.15, 0.2) is 12.3 Å². The number of aromatic nitrogens is 1. The summed E-state index contributed by atoms with van der Waals surface area (Å²) >= 11 is 0. The summed E-state index contributed by atoms with van der Waals surface area (Å²) in [5.41, 5.74) is 1.78. The maximum absolute atomic E-state index is 12.4. The quantitative estimate of drug-likeness (QED) is 0.751.